The third-order valence-electron chi connectivity index (χ3n) is 4.62. The molecule has 4 heteroatoms. The molecule has 2 N–H and O–H groups in total. The van der Waals surface area contributed by atoms with Gasteiger partial charge in [-0.2, -0.15) is 0 Å². The fourth-order valence-electron chi connectivity index (χ4n) is 3.26. The van der Waals surface area contributed by atoms with E-state index in [2.05, 4.69) is 29.0 Å². The van der Waals surface area contributed by atoms with Gasteiger partial charge >= 0.3 is 0 Å². The summed E-state index contributed by atoms with van der Waals surface area (Å²) in [5, 5.41) is 7.68. The molecule has 0 radical (unpaired) electrons. The van der Waals surface area contributed by atoms with E-state index in [1.54, 1.807) is 0 Å². The molecule has 0 saturated carbocycles. The smallest absolute Gasteiger partial charge is 0.265 e. The predicted molar refractivity (Wildman–Crippen MR) is 96.7 cm³/mol. The van der Waals surface area contributed by atoms with Crippen molar-refractivity contribution in [1.82, 2.24) is 10.4 Å². The zero-order valence-electron chi connectivity index (χ0n) is 13.6. The van der Waals surface area contributed by atoms with Crippen molar-refractivity contribution in [3.63, 3.8) is 0 Å². The summed E-state index contributed by atoms with van der Waals surface area (Å²) >= 11 is 0. The number of piperidine rings is 1. The first kappa shape index (κ1) is 15.0. The molecule has 1 saturated heterocycles. The Balaban J connectivity index is 1.60. The van der Waals surface area contributed by atoms with Crippen molar-refractivity contribution in [1.29, 1.82) is 0 Å². The number of carbonyl (C=O) groups excluding carboxylic acids is 1. The fourth-order valence-corrected chi connectivity index (χ4v) is 3.26. The van der Waals surface area contributed by atoms with Crippen molar-refractivity contribution in [2.24, 2.45) is 0 Å². The summed E-state index contributed by atoms with van der Waals surface area (Å²) in [5.41, 5.74) is 5.75. The lowest BCUT2D eigenvalue weighted by Gasteiger charge is -2.26. The zero-order chi connectivity index (χ0) is 16.4. The van der Waals surface area contributed by atoms with Crippen LogP contribution in [0.15, 0.2) is 42.5 Å². The molecule has 2 aliphatic heterocycles. The normalized spacial score (nSPS) is 16.5. The topological polar surface area (TPSA) is 44.4 Å². The molecule has 0 bridgehead atoms. The van der Waals surface area contributed by atoms with Gasteiger partial charge in [0.05, 0.1) is 0 Å². The van der Waals surface area contributed by atoms with Gasteiger partial charge in [-0.15, -0.1) is 0 Å². The number of anilines is 1. The van der Waals surface area contributed by atoms with Gasteiger partial charge in [-0.25, -0.2) is 5.01 Å². The van der Waals surface area contributed by atoms with Crippen molar-refractivity contribution in [2.75, 3.05) is 18.4 Å². The Morgan fingerprint density at radius 3 is 2.62 bits per heavy atom. The van der Waals surface area contributed by atoms with Crippen molar-refractivity contribution in [2.45, 2.75) is 19.3 Å². The van der Waals surface area contributed by atoms with E-state index in [0.717, 1.165) is 42.4 Å². The lowest BCUT2D eigenvalue weighted by Crippen LogP contribution is -2.45. The summed E-state index contributed by atoms with van der Waals surface area (Å²) < 4.78 is 0. The van der Waals surface area contributed by atoms with E-state index < -0.39 is 0 Å². The van der Waals surface area contributed by atoms with Gasteiger partial charge in [-0.1, -0.05) is 36.8 Å². The lowest BCUT2D eigenvalue weighted by molar-refractivity contribution is 0.0750. The van der Waals surface area contributed by atoms with Crippen LogP contribution in [-0.2, 0) is 0 Å². The van der Waals surface area contributed by atoms with Crippen LogP contribution in [0.3, 0.4) is 0 Å². The zero-order valence-corrected chi connectivity index (χ0v) is 13.6. The molecule has 1 fully saturated rings. The maximum Gasteiger partial charge on any atom is 0.265 e. The highest BCUT2D eigenvalue weighted by Crippen LogP contribution is 2.20. The average molecular weight is 319 g/mol. The minimum absolute atomic E-state index is 0.0386. The van der Waals surface area contributed by atoms with Gasteiger partial charge in [0.1, 0.15) is 0 Å². The number of fused-ring (bicyclic) bond motifs is 2. The molecule has 4 nitrogen and oxygen atoms in total. The van der Waals surface area contributed by atoms with Crippen LogP contribution in [0.4, 0.5) is 5.69 Å². The van der Waals surface area contributed by atoms with Crippen molar-refractivity contribution >= 4 is 23.9 Å². The summed E-state index contributed by atoms with van der Waals surface area (Å²) in [5.74, 6) is -0.0386. The first-order valence-corrected chi connectivity index (χ1v) is 8.53. The number of rotatable bonds is 2. The highest BCUT2D eigenvalue weighted by Gasteiger charge is 2.15. The van der Waals surface area contributed by atoms with Crippen LogP contribution >= 0.6 is 0 Å². The van der Waals surface area contributed by atoms with Crippen LogP contribution in [0, 0.1) is 0 Å². The fraction of sp³-hybridized carbons (Fsp3) is 0.250. The number of benzene rings is 2. The summed E-state index contributed by atoms with van der Waals surface area (Å²) in [7, 11) is 0. The first-order valence-electron chi connectivity index (χ1n) is 8.53. The Kier molecular flexibility index (Phi) is 4.05. The third-order valence-corrected chi connectivity index (χ3v) is 4.62. The molecule has 2 aliphatic rings. The van der Waals surface area contributed by atoms with Crippen LogP contribution in [0.2, 0.25) is 0 Å². The number of hydrogen-bond donors (Lipinski definition) is 2. The summed E-state index contributed by atoms with van der Waals surface area (Å²) in [6, 6.07) is 14.1. The first-order chi connectivity index (χ1) is 11.8. The van der Waals surface area contributed by atoms with Crippen LogP contribution < -0.4 is 21.2 Å². The number of nitrogens with one attached hydrogen (secondary N) is 2. The van der Waals surface area contributed by atoms with Crippen LogP contribution in [0.5, 0.6) is 0 Å². The number of carbonyl (C=O) groups is 1. The van der Waals surface area contributed by atoms with Gasteiger partial charge in [0, 0.05) is 30.5 Å². The van der Waals surface area contributed by atoms with E-state index in [4.69, 9.17) is 0 Å². The summed E-state index contributed by atoms with van der Waals surface area (Å²) in [6.07, 6.45) is 7.68. The Labute approximate surface area is 141 Å². The second-order valence-electron chi connectivity index (χ2n) is 6.35. The standard InChI is InChI=1S/C20H21N3O/c24-20(22-23-10-4-1-5-11-23)17-9-8-16-12-15-6-2-3-7-18(15)14-21-19(16)13-17/h2-3,6-9,12-14,21H,1,4-5,10-11H2,(H,22,24). The minimum atomic E-state index is -0.0386. The van der Waals surface area contributed by atoms with Crippen LogP contribution in [0.1, 0.15) is 35.2 Å². The quantitative estimate of drug-likeness (QED) is 0.887. The maximum atomic E-state index is 12.5. The Morgan fingerprint density at radius 2 is 1.79 bits per heavy atom. The van der Waals surface area contributed by atoms with Crippen LogP contribution in [-0.4, -0.2) is 24.0 Å². The molecule has 0 spiro atoms. The summed E-state index contributed by atoms with van der Waals surface area (Å²) in [4.78, 5) is 12.5. The van der Waals surface area contributed by atoms with Gasteiger partial charge in [-0.05, 0) is 47.1 Å². The van der Waals surface area contributed by atoms with E-state index in [1.165, 1.54) is 11.6 Å². The lowest BCUT2D eigenvalue weighted by atomic mass is 10.1. The second-order valence-corrected chi connectivity index (χ2v) is 6.35. The Hall–Kier alpha value is -2.59. The molecule has 122 valence electrons. The minimum Gasteiger partial charge on any atom is -0.361 e. The molecule has 2 aromatic carbocycles. The third kappa shape index (κ3) is 3.05. The molecule has 2 aromatic rings. The largest absolute Gasteiger partial charge is 0.361 e. The molecule has 24 heavy (non-hydrogen) atoms. The molecule has 1 amide bonds. The van der Waals surface area contributed by atoms with E-state index in [1.807, 2.05) is 41.5 Å². The molecule has 0 atom stereocenters. The SMILES string of the molecule is O=C(NN1CCCCC1)c1ccc2c(c1)NC=c1ccccc1=C2. The van der Waals surface area contributed by atoms with Crippen molar-refractivity contribution in [3.05, 3.63) is 64.0 Å². The Bertz CT molecular complexity index is 882. The molecule has 0 aliphatic carbocycles. The molecular formula is C20H21N3O. The molecular weight excluding hydrogens is 298 g/mol. The van der Waals surface area contributed by atoms with Crippen molar-refractivity contribution in [3.8, 4) is 0 Å². The molecule has 2 heterocycles. The number of amides is 1. The van der Waals surface area contributed by atoms with E-state index in [-0.39, 0.29) is 5.91 Å². The van der Waals surface area contributed by atoms with E-state index in [9.17, 15) is 4.79 Å². The number of hydrazine groups is 1. The van der Waals surface area contributed by atoms with Crippen LogP contribution in [0.25, 0.3) is 12.3 Å². The van der Waals surface area contributed by atoms with Gasteiger partial charge in [0.2, 0.25) is 0 Å². The Morgan fingerprint density at radius 1 is 1.00 bits per heavy atom. The molecule has 0 unspecified atom stereocenters. The maximum absolute atomic E-state index is 12.5. The molecule has 4 rings (SSSR count). The monoisotopic (exact) mass is 319 g/mol. The highest BCUT2D eigenvalue weighted by molar-refractivity contribution is 5.95. The van der Waals surface area contributed by atoms with Crippen molar-refractivity contribution < 1.29 is 4.79 Å². The van der Waals surface area contributed by atoms with E-state index >= 15 is 0 Å². The number of hydrogen-bond acceptors (Lipinski definition) is 3. The van der Waals surface area contributed by atoms with Gasteiger partial charge in [0.25, 0.3) is 5.91 Å². The van der Waals surface area contributed by atoms with Gasteiger partial charge < -0.3 is 5.32 Å². The van der Waals surface area contributed by atoms with E-state index in [0.29, 0.717) is 5.56 Å². The average Bonchev–Trinajstić information content (AvgIpc) is 2.81. The predicted octanol–water partition coefficient (Wildman–Crippen LogP) is 1.81. The highest BCUT2D eigenvalue weighted by atomic mass is 16.2. The van der Waals surface area contributed by atoms with Gasteiger partial charge in [-0.3, -0.25) is 10.2 Å². The number of nitrogens with zero attached hydrogens (tertiary/aromatic N) is 1. The summed E-state index contributed by atoms with van der Waals surface area (Å²) in [6.45, 7) is 1.87. The van der Waals surface area contributed by atoms with Gasteiger partial charge in [0.15, 0.2) is 0 Å². The molecule has 0 aromatic heterocycles. The second kappa shape index (κ2) is 6.49.